The van der Waals surface area contributed by atoms with E-state index in [0.717, 1.165) is 28.9 Å². The second-order valence-corrected chi connectivity index (χ2v) is 5.47. The van der Waals surface area contributed by atoms with E-state index in [1.54, 1.807) is 24.5 Å². The number of anilines is 2. The number of aromatic nitrogens is 1. The van der Waals surface area contributed by atoms with E-state index in [-0.39, 0.29) is 0 Å². The van der Waals surface area contributed by atoms with Gasteiger partial charge in [0.25, 0.3) is 6.01 Å². The molecule has 0 bridgehead atoms. The molecule has 3 aromatic rings. The highest BCUT2D eigenvalue weighted by Gasteiger charge is 2.10. The van der Waals surface area contributed by atoms with E-state index in [9.17, 15) is 0 Å². The Morgan fingerprint density at radius 1 is 1.08 bits per heavy atom. The first-order valence-electron chi connectivity index (χ1n) is 7.74. The van der Waals surface area contributed by atoms with Crippen molar-refractivity contribution in [2.24, 2.45) is 10.2 Å². The van der Waals surface area contributed by atoms with Crippen molar-refractivity contribution in [3.63, 3.8) is 0 Å². The summed E-state index contributed by atoms with van der Waals surface area (Å²) in [4.78, 5) is 4.26. The number of nitrogens with zero attached hydrogens (tertiary/aromatic N) is 4. The molecule has 0 unspecified atom stereocenters. The molecule has 6 nitrogen and oxygen atoms in total. The molecule has 0 radical (unpaired) electrons. The molecule has 25 heavy (non-hydrogen) atoms. The summed E-state index contributed by atoms with van der Waals surface area (Å²) in [7, 11) is 0. The minimum atomic E-state index is 0.404. The monoisotopic (exact) mass is 327 g/mol. The molecule has 1 aromatic heterocycles. The molecule has 0 amide bonds. The predicted molar refractivity (Wildman–Crippen MR) is 96.0 cm³/mol. The lowest BCUT2D eigenvalue weighted by Gasteiger charge is -2.05. The largest absolute Gasteiger partial charge is 0.423 e. The first-order valence-corrected chi connectivity index (χ1v) is 7.74. The standard InChI is InChI=1S/C19H13N5O/c20-11-13-4-6-14(7-5-13)18-12-21-19(25-18)23-16-3-1-2-15(10-16)17-8-9-22-24-17/h1-7,9-10,12H,8H2,(H,21,23). The van der Waals surface area contributed by atoms with Gasteiger partial charge < -0.3 is 9.73 Å². The molecule has 120 valence electrons. The van der Waals surface area contributed by atoms with Crippen LogP contribution in [0.2, 0.25) is 0 Å². The van der Waals surface area contributed by atoms with Crippen molar-refractivity contribution in [1.29, 1.82) is 5.26 Å². The Morgan fingerprint density at radius 3 is 2.72 bits per heavy atom. The minimum absolute atomic E-state index is 0.404. The van der Waals surface area contributed by atoms with Gasteiger partial charge >= 0.3 is 0 Å². The van der Waals surface area contributed by atoms with Gasteiger partial charge in [0.05, 0.1) is 23.5 Å². The molecule has 1 aliphatic heterocycles. The van der Waals surface area contributed by atoms with Crippen molar-refractivity contribution in [3.05, 3.63) is 65.9 Å². The topological polar surface area (TPSA) is 86.6 Å². The molecule has 1 aliphatic rings. The molecule has 6 heteroatoms. The maximum Gasteiger partial charge on any atom is 0.299 e. The highest BCUT2D eigenvalue weighted by Crippen LogP contribution is 2.25. The number of rotatable bonds is 4. The van der Waals surface area contributed by atoms with Crippen LogP contribution in [0.15, 0.2) is 69.3 Å². The summed E-state index contributed by atoms with van der Waals surface area (Å²) in [5.41, 5.74) is 4.29. The lowest BCUT2D eigenvalue weighted by Crippen LogP contribution is -1.99. The lowest BCUT2D eigenvalue weighted by molar-refractivity contribution is 0.592. The second-order valence-electron chi connectivity index (χ2n) is 5.47. The Kier molecular flexibility index (Phi) is 3.81. The summed E-state index contributed by atoms with van der Waals surface area (Å²) in [6, 6.07) is 17.5. The Hall–Kier alpha value is -3.72. The zero-order valence-corrected chi connectivity index (χ0v) is 13.2. The number of nitrogens with one attached hydrogen (secondary N) is 1. The highest BCUT2D eigenvalue weighted by molar-refractivity contribution is 6.09. The van der Waals surface area contributed by atoms with Crippen molar-refractivity contribution >= 4 is 23.6 Å². The van der Waals surface area contributed by atoms with Crippen LogP contribution in [-0.4, -0.2) is 16.9 Å². The fraction of sp³-hybridized carbons (Fsp3) is 0.0526. The fourth-order valence-corrected chi connectivity index (χ4v) is 2.53. The summed E-state index contributed by atoms with van der Waals surface area (Å²) < 4.78 is 5.75. The van der Waals surface area contributed by atoms with Crippen LogP contribution in [0.5, 0.6) is 0 Å². The van der Waals surface area contributed by atoms with Gasteiger partial charge in [0.2, 0.25) is 0 Å². The van der Waals surface area contributed by atoms with Crippen LogP contribution in [-0.2, 0) is 0 Å². The molecule has 4 rings (SSSR count). The summed E-state index contributed by atoms with van der Waals surface area (Å²) in [6.07, 6.45) is 4.18. The molecule has 1 N–H and O–H groups in total. The summed E-state index contributed by atoms with van der Waals surface area (Å²) in [5, 5.41) is 20.0. The first kappa shape index (κ1) is 14.8. The Balaban J connectivity index is 1.53. The third-order valence-electron chi connectivity index (χ3n) is 3.80. The minimum Gasteiger partial charge on any atom is -0.423 e. The van der Waals surface area contributed by atoms with Gasteiger partial charge in [-0.15, -0.1) is 0 Å². The number of hydrogen-bond donors (Lipinski definition) is 1. The molecule has 0 atom stereocenters. The van der Waals surface area contributed by atoms with Crippen molar-refractivity contribution in [2.45, 2.75) is 6.42 Å². The van der Waals surface area contributed by atoms with Crippen LogP contribution in [0.4, 0.5) is 11.7 Å². The van der Waals surface area contributed by atoms with Gasteiger partial charge in [0.1, 0.15) is 0 Å². The zero-order valence-electron chi connectivity index (χ0n) is 13.2. The first-order chi connectivity index (χ1) is 12.3. The molecule has 0 spiro atoms. The third kappa shape index (κ3) is 3.16. The van der Waals surface area contributed by atoms with Gasteiger partial charge in [-0.3, -0.25) is 0 Å². The van der Waals surface area contributed by atoms with Crippen molar-refractivity contribution in [2.75, 3.05) is 5.32 Å². The van der Waals surface area contributed by atoms with Gasteiger partial charge in [-0.05, 0) is 36.4 Å². The second kappa shape index (κ2) is 6.42. The molecule has 0 saturated carbocycles. The van der Waals surface area contributed by atoms with Gasteiger partial charge in [0.15, 0.2) is 5.76 Å². The summed E-state index contributed by atoms with van der Waals surface area (Å²) in [6.45, 7) is 0. The summed E-state index contributed by atoms with van der Waals surface area (Å²) in [5.74, 6) is 0.636. The number of nitriles is 1. The molecule has 2 heterocycles. The van der Waals surface area contributed by atoms with Crippen molar-refractivity contribution in [3.8, 4) is 17.4 Å². The van der Waals surface area contributed by atoms with E-state index in [0.29, 0.717) is 17.3 Å². The molecular formula is C19H13N5O. The lowest BCUT2D eigenvalue weighted by atomic mass is 10.1. The Morgan fingerprint density at radius 2 is 1.96 bits per heavy atom. The average molecular weight is 327 g/mol. The molecule has 0 fully saturated rings. The Labute approximate surface area is 144 Å². The number of hydrogen-bond acceptors (Lipinski definition) is 6. The number of oxazole rings is 1. The molecular weight excluding hydrogens is 314 g/mol. The molecule has 0 saturated heterocycles. The van der Waals surface area contributed by atoms with Crippen molar-refractivity contribution in [1.82, 2.24) is 4.98 Å². The van der Waals surface area contributed by atoms with Gasteiger partial charge in [0, 0.05) is 29.4 Å². The van der Waals surface area contributed by atoms with E-state index in [4.69, 9.17) is 9.68 Å². The SMILES string of the molecule is N#Cc1ccc(-c2cnc(Nc3cccc(C4=NN=CC4)c3)o2)cc1. The van der Waals surface area contributed by atoms with Gasteiger partial charge in [-0.25, -0.2) is 4.98 Å². The van der Waals surface area contributed by atoms with Crippen LogP contribution in [0.3, 0.4) is 0 Å². The molecule has 0 aliphatic carbocycles. The van der Waals surface area contributed by atoms with E-state index >= 15 is 0 Å². The van der Waals surface area contributed by atoms with Crippen LogP contribution < -0.4 is 5.32 Å². The van der Waals surface area contributed by atoms with Crippen molar-refractivity contribution < 1.29 is 4.42 Å². The van der Waals surface area contributed by atoms with E-state index in [1.807, 2.05) is 36.4 Å². The maximum atomic E-state index is 8.86. The average Bonchev–Trinajstić information content (AvgIpc) is 3.34. The van der Waals surface area contributed by atoms with Crippen LogP contribution in [0.1, 0.15) is 17.5 Å². The zero-order chi connectivity index (χ0) is 17.1. The van der Waals surface area contributed by atoms with Gasteiger partial charge in [-0.1, -0.05) is 12.1 Å². The van der Waals surface area contributed by atoms with Gasteiger partial charge in [-0.2, -0.15) is 15.5 Å². The highest BCUT2D eigenvalue weighted by atomic mass is 16.4. The quantitative estimate of drug-likeness (QED) is 0.780. The van der Waals surface area contributed by atoms with Crippen LogP contribution in [0.25, 0.3) is 11.3 Å². The smallest absolute Gasteiger partial charge is 0.299 e. The van der Waals surface area contributed by atoms with E-state index in [2.05, 4.69) is 26.6 Å². The summed E-state index contributed by atoms with van der Waals surface area (Å²) >= 11 is 0. The number of benzene rings is 2. The fourth-order valence-electron chi connectivity index (χ4n) is 2.53. The normalized spacial score (nSPS) is 12.7. The van der Waals surface area contributed by atoms with E-state index in [1.165, 1.54) is 0 Å². The molecule has 2 aromatic carbocycles. The maximum absolute atomic E-state index is 8.86. The van der Waals surface area contributed by atoms with E-state index < -0.39 is 0 Å². The van der Waals surface area contributed by atoms with Crippen LogP contribution in [0, 0.1) is 11.3 Å². The van der Waals surface area contributed by atoms with Crippen LogP contribution >= 0.6 is 0 Å². The third-order valence-corrected chi connectivity index (χ3v) is 3.80. The predicted octanol–water partition coefficient (Wildman–Crippen LogP) is 4.14. The Bertz CT molecular complexity index is 1010.